The van der Waals surface area contributed by atoms with E-state index in [1.165, 1.54) is 0 Å². The van der Waals surface area contributed by atoms with Crippen LogP contribution in [0.25, 0.3) is 0 Å². The zero-order valence-corrected chi connectivity index (χ0v) is 15.3. The molecule has 1 amide bonds. The Hall–Kier alpha value is -2.12. The Balaban J connectivity index is 1.84. The van der Waals surface area contributed by atoms with E-state index in [0.29, 0.717) is 25.2 Å². The number of fused-ring (bicyclic) bond motifs is 1. The van der Waals surface area contributed by atoms with Gasteiger partial charge >= 0.3 is 0 Å². The van der Waals surface area contributed by atoms with Crippen molar-refractivity contribution >= 4 is 5.91 Å². The number of amides is 1. The second-order valence-corrected chi connectivity index (χ2v) is 6.87. The Morgan fingerprint density at radius 1 is 1.36 bits per heavy atom. The molecule has 0 saturated heterocycles. The number of carbonyl (C=O) groups is 1. The highest BCUT2D eigenvalue weighted by Crippen LogP contribution is 2.30. The van der Waals surface area contributed by atoms with E-state index in [-0.39, 0.29) is 18.1 Å². The van der Waals surface area contributed by atoms with Crippen LogP contribution < -0.4 is 0 Å². The summed E-state index contributed by atoms with van der Waals surface area (Å²) in [6, 6.07) is 3.72. The summed E-state index contributed by atoms with van der Waals surface area (Å²) < 4.78 is 11.2. The molecule has 1 aliphatic heterocycles. The Labute approximate surface area is 147 Å². The molecule has 0 bridgehead atoms. The van der Waals surface area contributed by atoms with Crippen LogP contribution in [0.5, 0.6) is 0 Å². The van der Waals surface area contributed by atoms with Crippen LogP contribution in [-0.4, -0.2) is 59.2 Å². The maximum atomic E-state index is 13.2. The Kier molecular flexibility index (Phi) is 5.24. The van der Waals surface area contributed by atoms with Gasteiger partial charge in [-0.1, -0.05) is 0 Å². The van der Waals surface area contributed by atoms with Crippen molar-refractivity contribution in [3.8, 4) is 0 Å². The number of H-pyrrole nitrogens is 1. The third kappa shape index (κ3) is 3.93. The highest BCUT2D eigenvalue weighted by molar-refractivity contribution is 5.94. The van der Waals surface area contributed by atoms with Gasteiger partial charge in [-0.05, 0) is 40.1 Å². The van der Waals surface area contributed by atoms with Crippen molar-refractivity contribution in [3.05, 3.63) is 41.1 Å². The predicted octanol–water partition coefficient (Wildman–Crippen LogP) is 2.23. The first-order valence-electron chi connectivity index (χ1n) is 8.64. The van der Waals surface area contributed by atoms with Gasteiger partial charge in [-0.15, -0.1) is 0 Å². The minimum atomic E-state index is -0.0758. The number of aromatic nitrogens is 2. The highest BCUT2D eigenvalue weighted by atomic mass is 16.5. The van der Waals surface area contributed by atoms with Crippen LogP contribution in [0.15, 0.2) is 22.8 Å². The molecule has 0 unspecified atom stereocenters. The lowest BCUT2D eigenvalue weighted by molar-refractivity contribution is -0.00703. The number of hydrogen-bond acceptors (Lipinski definition) is 5. The number of ether oxygens (including phenoxy) is 1. The van der Waals surface area contributed by atoms with E-state index in [4.69, 9.17) is 9.15 Å². The number of aromatic amines is 1. The van der Waals surface area contributed by atoms with Gasteiger partial charge in [0.2, 0.25) is 0 Å². The average molecular weight is 346 g/mol. The number of nitrogens with zero attached hydrogens (tertiary/aromatic N) is 3. The number of hydrogen-bond donors (Lipinski definition) is 1. The summed E-state index contributed by atoms with van der Waals surface area (Å²) >= 11 is 0. The molecule has 7 heteroatoms. The predicted molar refractivity (Wildman–Crippen MR) is 93.3 cm³/mol. The van der Waals surface area contributed by atoms with Crippen molar-refractivity contribution in [1.29, 1.82) is 0 Å². The van der Waals surface area contributed by atoms with E-state index in [1.54, 1.807) is 11.2 Å². The van der Waals surface area contributed by atoms with Gasteiger partial charge < -0.3 is 19.0 Å². The third-order valence-corrected chi connectivity index (χ3v) is 4.47. The Morgan fingerprint density at radius 3 is 2.84 bits per heavy atom. The first kappa shape index (κ1) is 17.7. The van der Waals surface area contributed by atoms with E-state index >= 15 is 0 Å². The van der Waals surface area contributed by atoms with Gasteiger partial charge in [-0.2, -0.15) is 5.10 Å². The molecule has 25 heavy (non-hydrogen) atoms. The molecule has 0 aliphatic carbocycles. The smallest absolute Gasteiger partial charge is 0.275 e. The molecule has 0 fully saturated rings. The fourth-order valence-corrected chi connectivity index (χ4v) is 3.16. The number of likely N-dealkylation sites (N-methyl/N-ethyl adjacent to an activating group) is 1. The molecule has 1 aliphatic rings. The molecule has 7 nitrogen and oxygen atoms in total. The molecule has 2 aromatic rings. The van der Waals surface area contributed by atoms with Crippen molar-refractivity contribution in [3.63, 3.8) is 0 Å². The van der Waals surface area contributed by atoms with E-state index in [9.17, 15) is 4.79 Å². The summed E-state index contributed by atoms with van der Waals surface area (Å²) in [5.74, 6) is 0.693. The molecule has 3 heterocycles. The number of furan rings is 1. The minimum Gasteiger partial charge on any atom is -0.467 e. The van der Waals surface area contributed by atoms with Gasteiger partial charge in [-0.3, -0.25) is 9.89 Å². The van der Waals surface area contributed by atoms with Crippen LogP contribution in [0.3, 0.4) is 0 Å². The summed E-state index contributed by atoms with van der Waals surface area (Å²) in [6.07, 6.45) is 2.32. The van der Waals surface area contributed by atoms with Crippen LogP contribution in [0, 0.1) is 0 Å². The summed E-state index contributed by atoms with van der Waals surface area (Å²) in [5.41, 5.74) is 2.39. The average Bonchev–Trinajstić information content (AvgIpc) is 3.19. The fraction of sp³-hybridized carbons (Fsp3) is 0.556. The van der Waals surface area contributed by atoms with E-state index in [2.05, 4.69) is 15.1 Å². The second-order valence-electron chi connectivity index (χ2n) is 6.87. The van der Waals surface area contributed by atoms with Crippen molar-refractivity contribution in [2.24, 2.45) is 0 Å². The highest BCUT2D eigenvalue weighted by Gasteiger charge is 2.31. The van der Waals surface area contributed by atoms with Gasteiger partial charge in [0.05, 0.1) is 30.7 Å². The van der Waals surface area contributed by atoms with E-state index in [0.717, 1.165) is 23.6 Å². The van der Waals surface area contributed by atoms with Crippen LogP contribution in [-0.2, 0) is 17.7 Å². The summed E-state index contributed by atoms with van der Waals surface area (Å²) in [4.78, 5) is 17.0. The van der Waals surface area contributed by atoms with Gasteiger partial charge in [-0.25, -0.2) is 0 Å². The Morgan fingerprint density at radius 2 is 2.16 bits per heavy atom. The first-order chi connectivity index (χ1) is 12.0. The third-order valence-electron chi connectivity index (χ3n) is 4.47. The normalized spacial score (nSPS) is 19.9. The van der Waals surface area contributed by atoms with Crippen molar-refractivity contribution in [2.45, 2.75) is 39.0 Å². The van der Waals surface area contributed by atoms with Gasteiger partial charge in [0.1, 0.15) is 5.76 Å². The maximum Gasteiger partial charge on any atom is 0.275 e. The van der Waals surface area contributed by atoms with Crippen molar-refractivity contribution < 1.29 is 13.9 Å². The van der Waals surface area contributed by atoms with E-state index in [1.807, 2.05) is 40.1 Å². The molecular formula is C18H26N4O3. The van der Waals surface area contributed by atoms with Crippen LogP contribution in [0.4, 0.5) is 0 Å². The van der Waals surface area contributed by atoms with Crippen molar-refractivity contribution in [1.82, 2.24) is 20.0 Å². The van der Waals surface area contributed by atoms with Crippen molar-refractivity contribution in [2.75, 3.05) is 27.2 Å². The zero-order chi connectivity index (χ0) is 18.0. The molecule has 3 rings (SSSR count). The van der Waals surface area contributed by atoms with Crippen LogP contribution in [0.1, 0.15) is 47.5 Å². The minimum absolute atomic E-state index is 0.0722. The summed E-state index contributed by atoms with van der Waals surface area (Å²) in [6.45, 7) is 5.81. The van der Waals surface area contributed by atoms with Gasteiger partial charge in [0.15, 0.2) is 5.69 Å². The monoisotopic (exact) mass is 346 g/mol. The zero-order valence-electron chi connectivity index (χ0n) is 15.3. The summed E-state index contributed by atoms with van der Waals surface area (Å²) in [7, 11) is 3.99. The lowest BCUT2D eigenvalue weighted by atomic mass is 9.99. The quantitative estimate of drug-likeness (QED) is 0.868. The molecule has 2 atom stereocenters. The standard InChI is InChI=1S/C18H26N4O3/c1-12-10-15-16(13(2)25-12)19-20-17(15)18(23)22(8-7-21(3)4)11-14-6-5-9-24-14/h5-6,9,12-13H,7-8,10-11H2,1-4H3,(H,19,20)/t12-,13+/m1/s1. The van der Waals surface area contributed by atoms with Gasteiger partial charge in [0, 0.05) is 25.1 Å². The molecule has 0 aromatic carbocycles. The SMILES string of the molecule is C[C@@H]1Cc2c(C(=O)N(CCN(C)C)Cc3ccco3)n[nH]c2[C@H](C)O1. The van der Waals surface area contributed by atoms with E-state index < -0.39 is 0 Å². The molecular weight excluding hydrogens is 320 g/mol. The van der Waals surface area contributed by atoms with Crippen LogP contribution >= 0.6 is 0 Å². The van der Waals surface area contributed by atoms with Crippen LogP contribution in [0.2, 0.25) is 0 Å². The first-order valence-corrected chi connectivity index (χ1v) is 8.64. The second kappa shape index (κ2) is 7.41. The lowest BCUT2D eigenvalue weighted by Gasteiger charge is -2.27. The number of rotatable bonds is 6. The molecule has 136 valence electrons. The molecule has 2 aromatic heterocycles. The number of nitrogens with one attached hydrogen (secondary N) is 1. The molecule has 0 saturated carbocycles. The lowest BCUT2D eigenvalue weighted by Crippen LogP contribution is -2.37. The molecule has 0 spiro atoms. The van der Waals surface area contributed by atoms with Gasteiger partial charge in [0.25, 0.3) is 5.91 Å². The topological polar surface area (TPSA) is 74.6 Å². The molecule has 1 N–H and O–H groups in total. The summed E-state index contributed by atoms with van der Waals surface area (Å²) in [5, 5.41) is 7.32. The number of carbonyl (C=O) groups excluding carboxylic acids is 1. The molecule has 0 radical (unpaired) electrons. The largest absolute Gasteiger partial charge is 0.467 e. The Bertz CT molecular complexity index is 708. The fourth-order valence-electron chi connectivity index (χ4n) is 3.16. The maximum absolute atomic E-state index is 13.2.